The van der Waals surface area contributed by atoms with Crippen molar-refractivity contribution in [1.82, 2.24) is 14.9 Å². The Labute approximate surface area is 250 Å². The van der Waals surface area contributed by atoms with Crippen molar-refractivity contribution in [2.45, 2.75) is 60.0 Å². The van der Waals surface area contributed by atoms with E-state index in [0.29, 0.717) is 72.0 Å². The second-order valence-electron chi connectivity index (χ2n) is 11.4. The van der Waals surface area contributed by atoms with Gasteiger partial charge in [0.05, 0.1) is 16.8 Å². The van der Waals surface area contributed by atoms with E-state index in [0.717, 1.165) is 23.1 Å². The molecule has 1 aromatic heterocycles. The standard InChI is InChI=1S/C30H38ClF2N5O4/c1-6-7-20(39)11-41-21-8-9-23(31)22(10-21)27-35-26(25(17(2)3)19(5)34)18(4)28(36-27)37-13-30(14-37)15-38(16-30)29(40)42-12-24(32)33/h8-10,20,24,34,39H,6-7,11-16H2,1-5H3/t20-/m1/s1. The summed E-state index contributed by atoms with van der Waals surface area (Å²) in [6.45, 7) is 10.8. The molecule has 1 aromatic carbocycles. The number of ether oxygens (including phenoxy) is 2. The van der Waals surface area contributed by atoms with Gasteiger partial charge in [-0.15, -0.1) is 0 Å². The number of carbonyl (C=O) groups is 1. The lowest BCUT2D eigenvalue weighted by atomic mass is 9.73. The highest BCUT2D eigenvalue weighted by molar-refractivity contribution is 6.33. The van der Waals surface area contributed by atoms with Crippen molar-refractivity contribution in [2.24, 2.45) is 5.41 Å². The van der Waals surface area contributed by atoms with Gasteiger partial charge in [-0.3, -0.25) is 0 Å². The van der Waals surface area contributed by atoms with Crippen molar-refractivity contribution in [2.75, 3.05) is 44.3 Å². The number of likely N-dealkylation sites (tertiary alicyclic amines) is 1. The number of anilines is 1. The summed E-state index contributed by atoms with van der Waals surface area (Å²) in [6, 6.07) is 5.20. The first kappa shape index (κ1) is 31.6. The third kappa shape index (κ3) is 6.83. The summed E-state index contributed by atoms with van der Waals surface area (Å²) in [7, 11) is 0. The van der Waals surface area contributed by atoms with Gasteiger partial charge in [0.15, 0.2) is 12.4 Å². The molecular formula is C30H38ClF2N5O4. The molecular weight excluding hydrogens is 568 g/mol. The summed E-state index contributed by atoms with van der Waals surface area (Å²) in [5, 5.41) is 19.0. The molecule has 1 atom stereocenters. The van der Waals surface area contributed by atoms with Crippen molar-refractivity contribution in [1.29, 1.82) is 5.41 Å². The summed E-state index contributed by atoms with van der Waals surface area (Å²) < 4.78 is 35.3. The minimum absolute atomic E-state index is 0.150. The SMILES string of the molecule is CCC[C@@H](O)COc1ccc(Cl)c(-c2nc(C(C(C)=N)=C(C)C)c(C)c(N3CC4(CN(C(=O)OCC(F)F)C4)C3)n2)c1. The zero-order valence-corrected chi connectivity index (χ0v) is 25.4. The van der Waals surface area contributed by atoms with E-state index in [-0.39, 0.29) is 12.0 Å². The Balaban J connectivity index is 1.63. The maximum Gasteiger partial charge on any atom is 0.410 e. The van der Waals surface area contributed by atoms with Crippen molar-refractivity contribution >= 4 is 34.8 Å². The van der Waals surface area contributed by atoms with Gasteiger partial charge in [-0.05, 0) is 52.3 Å². The first-order chi connectivity index (χ1) is 19.8. The quantitative estimate of drug-likeness (QED) is 0.302. The molecule has 1 spiro atoms. The molecule has 0 saturated carbocycles. The molecule has 0 radical (unpaired) electrons. The van der Waals surface area contributed by atoms with Crippen LogP contribution in [0.3, 0.4) is 0 Å². The van der Waals surface area contributed by atoms with Crippen LogP contribution < -0.4 is 9.64 Å². The van der Waals surface area contributed by atoms with Crippen molar-refractivity contribution in [3.05, 3.63) is 40.1 Å². The second kappa shape index (κ2) is 12.9. The highest BCUT2D eigenvalue weighted by Crippen LogP contribution is 2.44. The maximum atomic E-state index is 12.4. The van der Waals surface area contributed by atoms with E-state index in [2.05, 4.69) is 9.64 Å². The van der Waals surface area contributed by atoms with Crippen LogP contribution in [0.2, 0.25) is 5.02 Å². The zero-order valence-electron chi connectivity index (χ0n) is 24.6. The summed E-state index contributed by atoms with van der Waals surface area (Å²) in [5.74, 6) is 1.60. The Hall–Kier alpha value is -3.31. The average Bonchev–Trinajstić information content (AvgIpc) is 2.87. The summed E-state index contributed by atoms with van der Waals surface area (Å²) in [5.41, 5.74) is 3.87. The number of aliphatic hydroxyl groups is 1. The molecule has 1 amide bonds. The first-order valence-electron chi connectivity index (χ1n) is 14.0. The fourth-order valence-corrected chi connectivity index (χ4v) is 5.77. The van der Waals surface area contributed by atoms with Gasteiger partial charge in [-0.1, -0.05) is 30.5 Å². The zero-order chi connectivity index (χ0) is 30.8. The smallest absolute Gasteiger partial charge is 0.410 e. The first-order valence-corrected chi connectivity index (χ1v) is 14.4. The van der Waals surface area contributed by atoms with E-state index in [1.54, 1.807) is 25.1 Å². The number of benzene rings is 1. The molecule has 2 N–H and O–H groups in total. The lowest BCUT2D eigenvalue weighted by molar-refractivity contribution is -0.0341. The molecule has 12 heteroatoms. The third-order valence-corrected chi connectivity index (χ3v) is 7.80. The van der Waals surface area contributed by atoms with Crippen LogP contribution >= 0.6 is 11.6 Å². The van der Waals surface area contributed by atoms with Crippen LogP contribution in [0.15, 0.2) is 23.8 Å². The molecule has 2 saturated heterocycles. The van der Waals surface area contributed by atoms with Gasteiger partial charge in [0.25, 0.3) is 6.43 Å². The maximum absolute atomic E-state index is 12.4. The van der Waals surface area contributed by atoms with Gasteiger partial charge in [0.1, 0.15) is 18.2 Å². The number of amides is 1. The highest BCUT2D eigenvalue weighted by atomic mass is 35.5. The number of alkyl halides is 2. The normalized spacial score (nSPS) is 16.1. The fraction of sp³-hybridized carbons (Fsp3) is 0.533. The van der Waals surface area contributed by atoms with Crippen molar-refractivity contribution in [3.63, 3.8) is 0 Å². The number of nitrogens with one attached hydrogen (secondary N) is 1. The Kier molecular flexibility index (Phi) is 9.72. The van der Waals surface area contributed by atoms with E-state index in [9.17, 15) is 18.7 Å². The molecule has 228 valence electrons. The van der Waals surface area contributed by atoms with Gasteiger partial charge in [-0.25, -0.2) is 23.5 Å². The van der Waals surface area contributed by atoms with Gasteiger partial charge in [0, 0.05) is 54.0 Å². The van der Waals surface area contributed by atoms with Crippen LogP contribution in [-0.4, -0.2) is 83.7 Å². The van der Waals surface area contributed by atoms with Crippen LogP contribution in [0.1, 0.15) is 51.8 Å². The number of allylic oxidation sites excluding steroid dienone is 2. The van der Waals surface area contributed by atoms with Crippen molar-refractivity contribution < 1.29 is 28.2 Å². The molecule has 2 aromatic rings. The van der Waals surface area contributed by atoms with Gasteiger partial charge in [-0.2, -0.15) is 0 Å². The fourth-order valence-electron chi connectivity index (χ4n) is 5.57. The third-order valence-electron chi connectivity index (χ3n) is 7.47. The predicted molar refractivity (Wildman–Crippen MR) is 159 cm³/mol. The number of aromatic nitrogens is 2. The van der Waals surface area contributed by atoms with E-state index < -0.39 is 25.2 Å². The van der Waals surface area contributed by atoms with Gasteiger partial charge in [0.2, 0.25) is 0 Å². The second-order valence-corrected chi connectivity index (χ2v) is 11.8. The molecule has 0 aliphatic carbocycles. The summed E-state index contributed by atoms with van der Waals surface area (Å²) in [4.78, 5) is 25.4. The number of rotatable bonds is 11. The van der Waals surface area contributed by atoms with E-state index in [4.69, 9.17) is 31.7 Å². The number of nitrogens with zero attached hydrogens (tertiary/aromatic N) is 4. The van der Waals surface area contributed by atoms with Gasteiger partial charge >= 0.3 is 6.09 Å². The molecule has 9 nitrogen and oxygen atoms in total. The molecule has 0 bridgehead atoms. The Morgan fingerprint density at radius 1 is 1.17 bits per heavy atom. The Bertz CT molecular complexity index is 1370. The largest absolute Gasteiger partial charge is 0.491 e. The minimum atomic E-state index is -2.70. The highest BCUT2D eigenvalue weighted by Gasteiger charge is 2.54. The molecule has 4 rings (SSSR count). The molecule has 2 fully saturated rings. The van der Waals surface area contributed by atoms with Crippen LogP contribution in [0.4, 0.5) is 19.4 Å². The summed E-state index contributed by atoms with van der Waals surface area (Å²) in [6.07, 6.45) is -2.52. The molecule has 0 unspecified atom stereocenters. The monoisotopic (exact) mass is 605 g/mol. The lowest BCUT2D eigenvalue weighted by Crippen LogP contribution is -2.73. The lowest BCUT2D eigenvalue weighted by Gasteiger charge is -2.60. The molecule has 3 heterocycles. The van der Waals surface area contributed by atoms with Crippen LogP contribution in [-0.2, 0) is 4.74 Å². The molecule has 2 aliphatic rings. The van der Waals surface area contributed by atoms with E-state index in [1.165, 1.54) is 4.90 Å². The van der Waals surface area contributed by atoms with Crippen molar-refractivity contribution in [3.8, 4) is 17.1 Å². The van der Waals surface area contributed by atoms with Crippen LogP contribution in [0.25, 0.3) is 17.0 Å². The number of carbonyl (C=O) groups excluding carboxylic acids is 1. The number of aliphatic hydroxyl groups excluding tert-OH is 1. The Morgan fingerprint density at radius 2 is 1.86 bits per heavy atom. The van der Waals surface area contributed by atoms with Gasteiger partial charge < -0.3 is 29.8 Å². The minimum Gasteiger partial charge on any atom is -0.491 e. The number of hydrogen-bond donors (Lipinski definition) is 2. The van der Waals surface area contributed by atoms with E-state index in [1.807, 2.05) is 27.7 Å². The Morgan fingerprint density at radius 3 is 2.45 bits per heavy atom. The predicted octanol–water partition coefficient (Wildman–Crippen LogP) is 6.00. The molecule has 2 aliphatic heterocycles. The van der Waals surface area contributed by atoms with E-state index >= 15 is 0 Å². The number of halogens is 3. The molecule has 42 heavy (non-hydrogen) atoms. The van der Waals surface area contributed by atoms with Crippen LogP contribution in [0.5, 0.6) is 5.75 Å². The number of hydrogen-bond acceptors (Lipinski definition) is 8. The topological polar surface area (TPSA) is 112 Å². The average molecular weight is 606 g/mol. The summed E-state index contributed by atoms with van der Waals surface area (Å²) >= 11 is 6.64. The van der Waals surface area contributed by atoms with Crippen LogP contribution in [0, 0.1) is 17.7 Å².